The number of hydrogen-bond acceptors (Lipinski definition) is 3. The summed E-state index contributed by atoms with van der Waals surface area (Å²) in [7, 11) is 0. The van der Waals surface area contributed by atoms with Gasteiger partial charge in [-0.25, -0.2) is 0 Å². The van der Waals surface area contributed by atoms with E-state index in [-0.39, 0.29) is 12.5 Å². The molecule has 0 fully saturated rings. The lowest BCUT2D eigenvalue weighted by molar-refractivity contribution is -0.123. The number of allylic oxidation sites excluding steroid dienone is 9. The molecule has 0 spiro atoms. The molecular formula is C42H75NO3. The molecular weight excluding hydrogens is 566 g/mol. The zero-order chi connectivity index (χ0) is 33.6. The fraction of sp³-hybridized carbons (Fsp3) is 0.738. The van der Waals surface area contributed by atoms with E-state index in [0.29, 0.717) is 6.42 Å². The Morgan fingerprint density at radius 2 is 0.913 bits per heavy atom. The fourth-order valence-corrected chi connectivity index (χ4v) is 5.41. The standard InChI is InChI=1S/C42H75NO3/c1-3-5-7-9-11-13-15-17-18-19-20-21-22-23-24-26-28-30-32-34-36-38-42(46)43-40(39-44)41(45)37-35-33-31-29-27-25-16-14-12-10-8-6-4-2/h12,14-15,17,19-20,27,29,35,37,40-41,44-45H,3-11,13,16,18,21-26,28,30-34,36,38-39H2,1-2H3,(H,43,46)/b14-12+,17-15-,20-19-,29-27+,37-35+. The number of nitrogens with one attached hydrogen (secondary N) is 1. The zero-order valence-electron chi connectivity index (χ0n) is 30.3. The highest BCUT2D eigenvalue weighted by atomic mass is 16.3. The van der Waals surface area contributed by atoms with Crippen molar-refractivity contribution >= 4 is 5.91 Å². The van der Waals surface area contributed by atoms with Crippen LogP contribution in [0.3, 0.4) is 0 Å². The Morgan fingerprint density at radius 1 is 0.522 bits per heavy atom. The van der Waals surface area contributed by atoms with Crippen molar-refractivity contribution in [1.29, 1.82) is 0 Å². The summed E-state index contributed by atoms with van der Waals surface area (Å²) in [5.41, 5.74) is 0. The highest BCUT2D eigenvalue weighted by Crippen LogP contribution is 2.12. The molecule has 0 aliphatic carbocycles. The second-order valence-corrected chi connectivity index (χ2v) is 13.0. The van der Waals surface area contributed by atoms with Gasteiger partial charge in [-0.15, -0.1) is 0 Å². The first-order valence-corrected chi connectivity index (χ1v) is 19.5. The Balaban J connectivity index is 3.66. The third kappa shape index (κ3) is 33.5. The monoisotopic (exact) mass is 642 g/mol. The van der Waals surface area contributed by atoms with Crippen molar-refractivity contribution in [3.63, 3.8) is 0 Å². The number of aliphatic hydroxyl groups is 2. The number of amides is 1. The molecule has 0 aromatic rings. The average Bonchev–Trinajstić information content (AvgIpc) is 3.06. The SMILES string of the molecule is CCCCC/C=C/CC/C=C/CC/C=C/C(O)C(CO)NC(=O)CCCCCCCCCCC/C=C\C/C=C\CCCCCCC. The molecule has 0 aromatic heterocycles. The zero-order valence-corrected chi connectivity index (χ0v) is 30.3. The van der Waals surface area contributed by atoms with Gasteiger partial charge < -0.3 is 15.5 Å². The Bertz CT molecular complexity index is 782. The molecule has 2 unspecified atom stereocenters. The minimum atomic E-state index is -0.872. The van der Waals surface area contributed by atoms with Crippen LogP contribution in [0.1, 0.15) is 181 Å². The molecule has 4 nitrogen and oxygen atoms in total. The maximum atomic E-state index is 12.3. The molecule has 266 valence electrons. The Hall–Kier alpha value is -1.91. The van der Waals surface area contributed by atoms with E-state index in [0.717, 1.165) is 44.9 Å². The van der Waals surface area contributed by atoms with Crippen molar-refractivity contribution in [1.82, 2.24) is 5.32 Å². The number of hydrogen-bond donors (Lipinski definition) is 3. The topological polar surface area (TPSA) is 69.6 Å². The van der Waals surface area contributed by atoms with E-state index in [9.17, 15) is 15.0 Å². The first-order chi connectivity index (χ1) is 22.7. The third-order valence-corrected chi connectivity index (χ3v) is 8.45. The Morgan fingerprint density at radius 3 is 1.43 bits per heavy atom. The first kappa shape index (κ1) is 44.1. The van der Waals surface area contributed by atoms with Gasteiger partial charge in [0.15, 0.2) is 0 Å². The van der Waals surface area contributed by atoms with Crippen LogP contribution in [0.25, 0.3) is 0 Å². The molecule has 0 bridgehead atoms. The summed E-state index contributed by atoms with van der Waals surface area (Å²) in [5, 5.41) is 22.9. The molecule has 1 amide bonds. The van der Waals surface area contributed by atoms with Crippen molar-refractivity contribution in [3.8, 4) is 0 Å². The summed E-state index contributed by atoms with van der Waals surface area (Å²) in [6.07, 6.45) is 51.6. The quantitative estimate of drug-likeness (QED) is 0.0483. The summed E-state index contributed by atoms with van der Waals surface area (Å²) in [6, 6.07) is -0.648. The van der Waals surface area contributed by atoms with Crippen LogP contribution in [0, 0.1) is 0 Å². The average molecular weight is 642 g/mol. The van der Waals surface area contributed by atoms with E-state index in [1.54, 1.807) is 6.08 Å². The minimum absolute atomic E-state index is 0.0864. The Kier molecular flexibility index (Phi) is 36.0. The lowest BCUT2D eigenvalue weighted by Crippen LogP contribution is -2.45. The molecule has 0 saturated heterocycles. The van der Waals surface area contributed by atoms with E-state index >= 15 is 0 Å². The van der Waals surface area contributed by atoms with Crippen LogP contribution >= 0.6 is 0 Å². The molecule has 46 heavy (non-hydrogen) atoms. The third-order valence-electron chi connectivity index (χ3n) is 8.45. The van der Waals surface area contributed by atoms with E-state index in [2.05, 4.69) is 67.8 Å². The van der Waals surface area contributed by atoms with Gasteiger partial charge in [0, 0.05) is 6.42 Å². The molecule has 3 N–H and O–H groups in total. The van der Waals surface area contributed by atoms with E-state index < -0.39 is 12.1 Å². The largest absolute Gasteiger partial charge is 0.394 e. The molecule has 2 atom stereocenters. The fourth-order valence-electron chi connectivity index (χ4n) is 5.41. The van der Waals surface area contributed by atoms with Gasteiger partial charge in [0.05, 0.1) is 18.8 Å². The number of aliphatic hydroxyl groups excluding tert-OH is 2. The van der Waals surface area contributed by atoms with Gasteiger partial charge in [-0.2, -0.15) is 0 Å². The molecule has 0 aliphatic rings. The van der Waals surface area contributed by atoms with Crippen molar-refractivity contribution in [3.05, 3.63) is 60.8 Å². The van der Waals surface area contributed by atoms with Crippen molar-refractivity contribution < 1.29 is 15.0 Å². The lowest BCUT2D eigenvalue weighted by atomic mass is 10.1. The number of carbonyl (C=O) groups excluding carboxylic acids is 1. The van der Waals surface area contributed by atoms with Crippen LogP contribution in [0.15, 0.2) is 60.8 Å². The molecule has 0 heterocycles. The van der Waals surface area contributed by atoms with Crippen LogP contribution in [0.2, 0.25) is 0 Å². The smallest absolute Gasteiger partial charge is 0.220 e. The van der Waals surface area contributed by atoms with Crippen LogP contribution in [-0.2, 0) is 4.79 Å². The molecule has 0 aromatic carbocycles. The summed E-state index contributed by atoms with van der Waals surface area (Å²) in [6.45, 7) is 4.23. The van der Waals surface area contributed by atoms with Crippen molar-refractivity contribution in [2.75, 3.05) is 6.61 Å². The molecule has 0 saturated carbocycles. The molecule has 0 aliphatic heterocycles. The van der Waals surface area contributed by atoms with Gasteiger partial charge in [-0.1, -0.05) is 158 Å². The maximum Gasteiger partial charge on any atom is 0.220 e. The van der Waals surface area contributed by atoms with E-state index in [1.165, 1.54) is 116 Å². The van der Waals surface area contributed by atoms with Gasteiger partial charge in [-0.05, 0) is 77.0 Å². The number of unbranched alkanes of at least 4 members (excludes halogenated alkanes) is 19. The van der Waals surface area contributed by atoms with Crippen molar-refractivity contribution in [2.24, 2.45) is 0 Å². The lowest BCUT2D eigenvalue weighted by Gasteiger charge is -2.19. The van der Waals surface area contributed by atoms with Gasteiger partial charge >= 0.3 is 0 Å². The van der Waals surface area contributed by atoms with Gasteiger partial charge in [0.25, 0.3) is 0 Å². The van der Waals surface area contributed by atoms with Gasteiger partial charge in [0.1, 0.15) is 0 Å². The molecule has 0 rings (SSSR count). The predicted molar refractivity (Wildman–Crippen MR) is 202 cm³/mol. The summed E-state index contributed by atoms with van der Waals surface area (Å²) >= 11 is 0. The molecule has 4 heteroatoms. The van der Waals surface area contributed by atoms with Crippen LogP contribution < -0.4 is 5.32 Å². The van der Waals surface area contributed by atoms with Crippen LogP contribution in [0.4, 0.5) is 0 Å². The normalized spacial score (nSPS) is 13.7. The highest BCUT2D eigenvalue weighted by Gasteiger charge is 2.17. The maximum absolute atomic E-state index is 12.3. The Labute approximate surface area is 286 Å². The second kappa shape index (κ2) is 37.5. The van der Waals surface area contributed by atoms with Crippen molar-refractivity contribution in [2.45, 2.75) is 193 Å². The van der Waals surface area contributed by atoms with Gasteiger partial charge in [-0.3, -0.25) is 4.79 Å². The second-order valence-electron chi connectivity index (χ2n) is 13.0. The summed E-state index contributed by atoms with van der Waals surface area (Å²) < 4.78 is 0. The number of rotatable bonds is 34. The summed E-state index contributed by atoms with van der Waals surface area (Å²) in [5.74, 6) is -0.0864. The number of carbonyl (C=O) groups is 1. The summed E-state index contributed by atoms with van der Waals surface area (Å²) in [4.78, 5) is 12.3. The highest BCUT2D eigenvalue weighted by molar-refractivity contribution is 5.76. The predicted octanol–water partition coefficient (Wildman–Crippen LogP) is 11.8. The van der Waals surface area contributed by atoms with E-state index in [4.69, 9.17) is 0 Å². The van der Waals surface area contributed by atoms with Crippen LogP contribution in [0.5, 0.6) is 0 Å². The van der Waals surface area contributed by atoms with E-state index in [1.807, 2.05) is 6.08 Å². The van der Waals surface area contributed by atoms with Crippen LogP contribution in [-0.4, -0.2) is 34.9 Å². The minimum Gasteiger partial charge on any atom is -0.394 e. The molecule has 0 radical (unpaired) electrons. The van der Waals surface area contributed by atoms with Gasteiger partial charge in [0.2, 0.25) is 5.91 Å². The first-order valence-electron chi connectivity index (χ1n) is 19.5.